The van der Waals surface area contributed by atoms with Crippen molar-refractivity contribution in [3.8, 4) is 0 Å². The van der Waals surface area contributed by atoms with E-state index in [-0.39, 0.29) is 11.3 Å². The van der Waals surface area contributed by atoms with Crippen LogP contribution in [0.2, 0.25) is 0 Å². The molecule has 0 bridgehead atoms. The maximum atomic E-state index is 14.3. The Morgan fingerprint density at radius 1 is 0.821 bits per heavy atom. The highest BCUT2D eigenvalue weighted by Crippen LogP contribution is 2.36. The van der Waals surface area contributed by atoms with Crippen LogP contribution < -0.4 is 4.90 Å². The second-order valence-electron chi connectivity index (χ2n) is 6.37. The van der Waals surface area contributed by atoms with E-state index in [1.165, 1.54) is 24.3 Å². The molecule has 8 heteroatoms. The van der Waals surface area contributed by atoms with Crippen molar-refractivity contribution in [2.45, 2.75) is 0 Å². The summed E-state index contributed by atoms with van der Waals surface area (Å²) in [6, 6.07) is 7.65. The second kappa shape index (κ2) is 7.12. The molecule has 144 valence electrons. The minimum absolute atomic E-state index is 0.0237. The highest BCUT2D eigenvalue weighted by atomic mass is 19.1. The minimum Gasteiger partial charge on any atom is -0.378 e. The number of anilines is 1. The maximum absolute atomic E-state index is 14.3. The van der Waals surface area contributed by atoms with E-state index in [0.29, 0.717) is 36.8 Å². The summed E-state index contributed by atoms with van der Waals surface area (Å²) < 4.78 is 46.6. The smallest absolute Gasteiger partial charge is 0.282 e. The monoisotopic (exact) mass is 388 g/mol. The Balaban J connectivity index is 1.85. The summed E-state index contributed by atoms with van der Waals surface area (Å²) in [5.74, 6) is -3.72. The van der Waals surface area contributed by atoms with E-state index in [0.717, 1.165) is 18.2 Å². The lowest BCUT2D eigenvalue weighted by Crippen LogP contribution is -2.40. The van der Waals surface area contributed by atoms with Gasteiger partial charge in [-0.05, 0) is 29.8 Å². The first kappa shape index (κ1) is 18.2. The molecule has 4 rings (SSSR count). The quantitative estimate of drug-likeness (QED) is 0.759. The van der Waals surface area contributed by atoms with Crippen LogP contribution in [-0.2, 0) is 14.3 Å². The summed E-state index contributed by atoms with van der Waals surface area (Å²) in [5, 5.41) is 0. The molecule has 0 aromatic heterocycles. The summed E-state index contributed by atoms with van der Waals surface area (Å²) in [5.41, 5.74) is -0.0439. The normalized spacial score (nSPS) is 17.7. The van der Waals surface area contributed by atoms with Gasteiger partial charge in [-0.15, -0.1) is 0 Å². The average molecular weight is 388 g/mol. The highest BCUT2D eigenvalue weighted by molar-refractivity contribution is 6.45. The van der Waals surface area contributed by atoms with E-state index >= 15 is 0 Å². The number of amides is 2. The van der Waals surface area contributed by atoms with Gasteiger partial charge in [0.15, 0.2) is 0 Å². The molecule has 0 saturated carbocycles. The molecule has 2 aromatic rings. The predicted molar refractivity (Wildman–Crippen MR) is 94.6 cm³/mol. The number of ether oxygens (including phenoxy) is 1. The lowest BCUT2D eigenvalue weighted by Gasteiger charge is -2.29. The first-order valence-electron chi connectivity index (χ1n) is 8.64. The first-order chi connectivity index (χ1) is 13.5. The van der Waals surface area contributed by atoms with Gasteiger partial charge in [-0.25, -0.2) is 18.1 Å². The van der Waals surface area contributed by atoms with E-state index < -0.39 is 35.0 Å². The van der Waals surface area contributed by atoms with Gasteiger partial charge in [0, 0.05) is 19.2 Å². The molecule has 5 nitrogen and oxygen atoms in total. The van der Waals surface area contributed by atoms with E-state index in [1.807, 2.05) is 0 Å². The molecule has 0 atom stereocenters. The Kier molecular flexibility index (Phi) is 4.64. The molecular weight excluding hydrogens is 373 g/mol. The van der Waals surface area contributed by atoms with Crippen LogP contribution in [0.3, 0.4) is 0 Å². The van der Waals surface area contributed by atoms with Gasteiger partial charge in [-0.3, -0.25) is 9.59 Å². The van der Waals surface area contributed by atoms with Crippen LogP contribution in [0.5, 0.6) is 0 Å². The topological polar surface area (TPSA) is 49.9 Å². The molecule has 1 fully saturated rings. The summed E-state index contributed by atoms with van der Waals surface area (Å²) in [7, 11) is 0. The Hall–Kier alpha value is -3.13. The molecule has 0 radical (unpaired) electrons. The van der Waals surface area contributed by atoms with Crippen LogP contribution >= 0.6 is 0 Å². The van der Waals surface area contributed by atoms with Crippen LogP contribution in [0.1, 0.15) is 5.56 Å². The van der Waals surface area contributed by atoms with Crippen molar-refractivity contribution in [3.05, 3.63) is 71.2 Å². The SMILES string of the molecule is O=C1C(c2ccc(F)cc2)=C(N2CCOCC2)C(=O)N1c1cc(F)ccc1F. The Morgan fingerprint density at radius 3 is 2.14 bits per heavy atom. The fraction of sp³-hybridized carbons (Fsp3) is 0.200. The van der Waals surface area contributed by atoms with Crippen molar-refractivity contribution in [2.75, 3.05) is 31.2 Å². The number of imide groups is 1. The number of nitrogens with zero attached hydrogens (tertiary/aromatic N) is 2. The first-order valence-corrected chi connectivity index (χ1v) is 8.64. The fourth-order valence-corrected chi connectivity index (χ4v) is 3.35. The Bertz CT molecular complexity index is 983. The number of hydrogen-bond donors (Lipinski definition) is 0. The van der Waals surface area contributed by atoms with Gasteiger partial charge in [0.2, 0.25) is 0 Å². The van der Waals surface area contributed by atoms with E-state index in [2.05, 4.69) is 0 Å². The van der Waals surface area contributed by atoms with Gasteiger partial charge >= 0.3 is 0 Å². The third-order valence-electron chi connectivity index (χ3n) is 4.67. The average Bonchev–Trinajstić information content (AvgIpc) is 2.95. The summed E-state index contributed by atoms with van der Waals surface area (Å²) >= 11 is 0. The van der Waals surface area contributed by atoms with Crippen LogP contribution in [-0.4, -0.2) is 43.0 Å². The van der Waals surface area contributed by atoms with Crippen LogP contribution in [0, 0.1) is 17.5 Å². The van der Waals surface area contributed by atoms with Gasteiger partial charge < -0.3 is 9.64 Å². The summed E-state index contributed by atoms with van der Waals surface area (Å²) in [6.45, 7) is 1.43. The molecule has 2 aliphatic heterocycles. The number of hydrogen-bond acceptors (Lipinski definition) is 4. The zero-order chi connectivity index (χ0) is 19.8. The molecule has 1 saturated heterocycles. The molecule has 28 heavy (non-hydrogen) atoms. The van der Waals surface area contributed by atoms with Gasteiger partial charge in [-0.2, -0.15) is 0 Å². The molecule has 2 aromatic carbocycles. The number of halogens is 3. The number of morpholine rings is 1. The third-order valence-corrected chi connectivity index (χ3v) is 4.67. The Morgan fingerprint density at radius 2 is 1.46 bits per heavy atom. The van der Waals surface area contributed by atoms with Crippen LogP contribution in [0.25, 0.3) is 5.57 Å². The summed E-state index contributed by atoms with van der Waals surface area (Å²) in [6.07, 6.45) is 0. The van der Waals surface area contributed by atoms with Crippen molar-refractivity contribution in [3.63, 3.8) is 0 Å². The molecule has 2 amide bonds. The lowest BCUT2D eigenvalue weighted by molar-refractivity contribution is -0.121. The molecule has 0 spiro atoms. The maximum Gasteiger partial charge on any atom is 0.282 e. The van der Waals surface area contributed by atoms with E-state index in [4.69, 9.17) is 4.74 Å². The molecule has 2 aliphatic rings. The largest absolute Gasteiger partial charge is 0.378 e. The zero-order valence-electron chi connectivity index (χ0n) is 14.6. The van der Waals surface area contributed by atoms with Crippen molar-refractivity contribution in [1.82, 2.24) is 4.90 Å². The fourth-order valence-electron chi connectivity index (χ4n) is 3.35. The summed E-state index contributed by atoms with van der Waals surface area (Å²) in [4.78, 5) is 28.6. The highest BCUT2D eigenvalue weighted by Gasteiger charge is 2.43. The standard InChI is InChI=1S/C20H15F3N2O3/c21-13-3-1-12(2-4-13)17-18(24-7-9-28-10-8-24)20(27)25(19(17)26)16-11-14(22)5-6-15(16)23/h1-6,11H,7-10H2. The number of carbonyl (C=O) groups excluding carboxylic acids is 2. The van der Waals surface area contributed by atoms with Gasteiger partial charge in [0.25, 0.3) is 11.8 Å². The molecule has 0 N–H and O–H groups in total. The van der Waals surface area contributed by atoms with Gasteiger partial charge in [0.1, 0.15) is 23.1 Å². The van der Waals surface area contributed by atoms with Gasteiger partial charge in [0.05, 0.1) is 24.5 Å². The van der Waals surface area contributed by atoms with Gasteiger partial charge in [-0.1, -0.05) is 12.1 Å². The number of carbonyl (C=O) groups is 2. The van der Waals surface area contributed by atoms with Crippen molar-refractivity contribution in [2.24, 2.45) is 0 Å². The van der Waals surface area contributed by atoms with E-state index in [1.54, 1.807) is 4.90 Å². The van der Waals surface area contributed by atoms with E-state index in [9.17, 15) is 22.8 Å². The second-order valence-corrected chi connectivity index (χ2v) is 6.37. The number of benzene rings is 2. The lowest BCUT2D eigenvalue weighted by atomic mass is 10.0. The molecule has 2 heterocycles. The third kappa shape index (κ3) is 3.05. The van der Waals surface area contributed by atoms with Crippen LogP contribution in [0.15, 0.2) is 48.2 Å². The van der Waals surface area contributed by atoms with Crippen molar-refractivity contribution >= 4 is 23.1 Å². The predicted octanol–water partition coefficient (Wildman–Crippen LogP) is 2.72. The van der Waals surface area contributed by atoms with Crippen molar-refractivity contribution < 1.29 is 27.5 Å². The minimum atomic E-state index is -0.898. The molecular formula is C20H15F3N2O3. The molecule has 0 unspecified atom stereocenters. The molecule has 0 aliphatic carbocycles. The van der Waals surface area contributed by atoms with Crippen LogP contribution in [0.4, 0.5) is 18.9 Å². The van der Waals surface area contributed by atoms with Crippen molar-refractivity contribution in [1.29, 1.82) is 0 Å². The zero-order valence-corrected chi connectivity index (χ0v) is 14.6. The Labute approximate surface area is 158 Å². The number of rotatable bonds is 3.